The van der Waals surface area contributed by atoms with E-state index in [1.54, 1.807) is 11.8 Å². The van der Waals surface area contributed by atoms with E-state index < -0.39 is 0 Å². The lowest BCUT2D eigenvalue weighted by Gasteiger charge is -2.13. The van der Waals surface area contributed by atoms with E-state index in [-0.39, 0.29) is 5.91 Å². The summed E-state index contributed by atoms with van der Waals surface area (Å²) in [7, 11) is 0. The second kappa shape index (κ2) is 7.83. The fourth-order valence-corrected chi connectivity index (χ4v) is 3.71. The van der Waals surface area contributed by atoms with Gasteiger partial charge in [0.25, 0.3) is 0 Å². The highest BCUT2D eigenvalue weighted by Gasteiger charge is 2.30. The van der Waals surface area contributed by atoms with Gasteiger partial charge in [-0.15, -0.1) is 10.2 Å². The Balaban J connectivity index is 1.61. The van der Waals surface area contributed by atoms with Crippen LogP contribution >= 0.6 is 11.8 Å². The van der Waals surface area contributed by atoms with Gasteiger partial charge >= 0.3 is 0 Å². The van der Waals surface area contributed by atoms with Crippen LogP contribution in [-0.4, -0.2) is 25.9 Å². The van der Waals surface area contributed by atoms with E-state index in [0.717, 1.165) is 23.8 Å². The van der Waals surface area contributed by atoms with E-state index in [0.29, 0.717) is 24.1 Å². The van der Waals surface area contributed by atoms with Crippen LogP contribution in [0.1, 0.15) is 49.9 Å². The molecule has 5 nitrogen and oxygen atoms in total. The highest BCUT2D eigenvalue weighted by Crippen LogP contribution is 2.40. The van der Waals surface area contributed by atoms with Gasteiger partial charge in [0.15, 0.2) is 5.16 Å². The number of nitrogens with two attached hydrogens (primary N) is 1. The Morgan fingerprint density at radius 2 is 2.08 bits per heavy atom. The first-order chi connectivity index (χ1) is 11.6. The van der Waals surface area contributed by atoms with Crippen LogP contribution in [0.25, 0.3) is 0 Å². The molecule has 1 atom stereocenters. The van der Waals surface area contributed by atoms with Gasteiger partial charge in [-0.1, -0.05) is 49.0 Å². The molecule has 0 saturated heterocycles. The molecule has 1 aromatic heterocycles. The second-order valence-electron chi connectivity index (χ2n) is 6.44. The first-order valence-corrected chi connectivity index (χ1v) is 9.43. The summed E-state index contributed by atoms with van der Waals surface area (Å²) in [6, 6.07) is 10.5. The number of nitrogens with zero attached hydrogens (tertiary/aromatic N) is 3. The van der Waals surface area contributed by atoms with Crippen LogP contribution in [0, 0.1) is 0 Å². The van der Waals surface area contributed by atoms with Crippen LogP contribution in [0.15, 0.2) is 35.5 Å². The molecule has 24 heavy (non-hydrogen) atoms. The van der Waals surface area contributed by atoms with E-state index in [9.17, 15) is 4.79 Å². The van der Waals surface area contributed by atoms with Gasteiger partial charge in [0.05, 0.1) is 0 Å². The second-order valence-corrected chi connectivity index (χ2v) is 7.84. The van der Waals surface area contributed by atoms with Crippen molar-refractivity contribution in [1.29, 1.82) is 0 Å². The molecule has 2 N–H and O–H groups in total. The zero-order chi connectivity index (χ0) is 16.9. The monoisotopic (exact) mass is 344 g/mol. The average molecular weight is 344 g/mol. The van der Waals surface area contributed by atoms with Crippen molar-refractivity contribution in [2.75, 3.05) is 0 Å². The maximum Gasteiger partial charge on any atom is 0.219 e. The van der Waals surface area contributed by atoms with Crippen LogP contribution in [0.5, 0.6) is 0 Å². The summed E-state index contributed by atoms with van der Waals surface area (Å²) < 4.78 is 2.10. The highest BCUT2D eigenvalue weighted by atomic mass is 32.2. The number of carbonyl (C=O) groups is 1. The molecule has 1 amide bonds. The molecule has 128 valence electrons. The highest BCUT2D eigenvalue weighted by molar-refractivity contribution is 7.99. The Morgan fingerprint density at radius 3 is 2.75 bits per heavy atom. The molecule has 1 heterocycles. The molecule has 0 unspecified atom stereocenters. The number of aromatic nitrogens is 3. The molecule has 1 saturated carbocycles. The van der Waals surface area contributed by atoms with Gasteiger partial charge in [0.2, 0.25) is 5.91 Å². The van der Waals surface area contributed by atoms with Crippen molar-refractivity contribution >= 4 is 17.7 Å². The van der Waals surface area contributed by atoms with Crippen molar-refractivity contribution in [3.05, 3.63) is 41.7 Å². The van der Waals surface area contributed by atoms with E-state index in [1.165, 1.54) is 18.4 Å². The molecule has 1 fully saturated rings. The van der Waals surface area contributed by atoms with Gasteiger partial charge in [-0.3, -0.25) is 4.79 Å². The summed E-state index contributed by atoms with van der Waals surface area (Å²) in [5.74, 6) is 1.26. The van der Waals surface area contributed by atoms with Crippen LogP contribution in [0.4, 0.5) is 0 Å². The number of hydrogen-bond acceptors (Lipinski definition) is 4. The quantitative estimate of drug-likeness (QED) is 0.709. The molecular weight excluding hydrogens is 320 g/mol. The smallest absolute Gasteiger partial charge is 0.219 e. The normalized spacial score (nSPS) is 15.4. The predicted molar refractivity (Wildman–Crippen MR) is 95.9 cm³/mol. The third-order valence-corrected chi connectivity index (χ3v) is 5.41. The zero-order valence-corrected chi connectivity index (χ0v) is 14.8. The summed E-state index contributed by atoms with van der Waals surface area (Å²) in [6.45, 7) is 2.80. The van der Waals surface area contributed by atoms with Crippen molar-refractivity contribution in [2.24, 2.45) is 5.73 Å². The average Bonchev–Trinajstić information content (AvgIpc) is 3.34. The number of primary amides is 1. The molecule has 3 rings (SSSR count). The minimum atomic E-state index is -0.279. The molecule has 0 aliphatic heterocycles. The maximum atomic E-state index is 11.1. The first-order valence-electron chi connectivity index (χ1n) is 8.55. The van der Waals surface area contributed by atoms with Crippen LogP contribution in [-0.2, 0) is 17.8 Å². The molecular formula is C18H24N4OS. The van der Waals surface area contributed by atoms with Gasteiger partial charge in [0, 0.05) is 24.1 Å². The van der Waals surface area contributed by atoms with Crippen molar-refractivity contribution in [3.63, 3.8) is 0 Å². The van der Waals surface area contributed by atoms with Gasteiger partial charge in [-0.2, -0.15) is 0 Å². The molecule has 2 aromatic rings. The van der Waals surface area contributed by atoms with Crippen LogP contribution in [0.2, 0.25) is 0 Å². The lowest BCUT2D eigenvalue weighted by atomic mass is 10.1. The van der Waals surface area contributed by atoms with E-state index >= 15 is 0 Å². The number of thioether (sulfide) groups is 1. The minimum absolute atomic E-state index is 0.279. The van der Waals surface area contributed by atoms with Crippen molar-refractivity contribution in [3.8, 4) is 0 Å². The standard InChI is InChI=1S/C18H24N4OS/c1-13(7-8-14-5-3-2-4-6-14)24-18-21-20-17(15-9-10-15)22(18)12-11-16(19)23/h2-6,13,15H,7-12H2,1H3,(H2,19,23)/t13-/m1/s1. The Bertz CT molecular complexity index is 682. The summed E-state index contributed by atoms with van der Waals surface area (Å²) in [5.41, 5.74) is 6.67. The Kier molecular flexibility index (Phi) is 5.56. The van der Waals surface area contributed by atoms with E-state index in [4.69, 9.17) is 5.73 Å². The number of aryl methyl sites for hydroxylation is 1. The Morgan fingerprint density at radius 1 is 1.33 bits per heavy atom. The minimum Gasteiger partial charge on any atom is -0.370 e. The van der Waals surface area contributed by atoms with Crippen molar-refractivity contribution in [1.82, 2.24) is 14.8 Å². The number of benzene rings is 1. The van der Waals surface area contributed by atoms with E-state index in [2.05, 4.69) is 46.0 Å². The third-order valence-electron chi connectivity index (χ3n) is 4.26. The van der Waals surface area contributed by atoms with Gasteiger partial charge in [-0.25, -0.2) is 0 Å². The molecule has 1 aromatic carbocycles. The number of rotatable bonds is 9. The topological polar surface area (TPSA) is 73.8 Å². The van der Waals surface area contributed by atoms with Crippen molar-refractivity contribution < 1.29 is 4.79 Å². The summed E-state index contributed by atoms with van der Waals surface area (Å²) >= 11 is 1.74. The summed E-state index contributed by atoms with van der Waals surface area (Å²) in [4.78, 5) is 11.1. The lowest BCUT2D eigenvalue weighted by Crippen LogP contribution is -2.16. The zero-order valence-electron chi connectivity index (χ0n) is 14.0. The Labute approximate surface area is 147 Å². The third kappa shape index (κ3) is 4.60. The van der Waals surface area contributed by atoms with Gasteiger partial charge in [-0.05, 0) is 31.2 Å². The summed E-state index contributed by atoms with van der Waals surface area (Å²) in [5, 5.41) is 10.1. The fraction of sp³-hybridized carbons (Fsp3) is 0.500. The largest absolute Gasteiger partial charge is 0.370 e. The molecule has 0 spiro atoms. The summed E-state index contributed by atoms with van der Waals surface area (Å²) in [6.07, 6.45) is 4.81. The van der Waals surface area contributed by atoms with Gasteiger partial charge in [0.1, 0.15) is 5.82 Å². The van der Waals surface area contributed by atoms with E-state index in [1.807, 2.05) is 6.07 Å². The first kappa shape index (κ1) is 17.0. The number of carbonyl (C=O) groups excluding carboxylic acids is 1. The van der Waals surface area contributed by atoms with Crippen LogP contribution < -0.4 is 5.73 Å². The molecule has 0 radical (unpaired) electrons. The van der Waals surface area contributed by atoms with Crippen LogP contribution in [0.3, 0.4) is 0 Å². The SMILES string of the molecule is C[C@H](CCc1ccccc1)Sc1nnc(C2CC2)n1CCC(N)=O. The Hall–Kier alpha value is -1.82. The van der Waals surface area contributed by atoms with Gasteiger partial charge < -0.3 is 10.3 Å². The molecule has 0 bridgehead atoms. The number of amides is 1. The fourth-order valence-electron chi connectivity index (χ4n) is 2.72. The lowest BCUT2D eigenvalue weighted by molar-refractivity contribution is -0.118. The maximum absolute atomic E-state index is 11.1. The number of hydrogen-bond donors (Lipinski definition) is 1. The predicted octanol–water partition coefficient (Wildman–Crippen LogP) is 3.14. The molecule has 1 aliphatic carbocycles. The van der Waals surface area contributed by atoms with Crippen molar-refractivity contribution in [2.45, 2.75) is 61.9 Å². The molecule has 6 heteroatoms. The molecule has 1 aliphatic rings.